The minimum Gasteiger partial charge on any atom is -0.434 e. The summed E-state index contributed by atoms with van der Waals surface area (Å²) in [4.78, 5) is 4.46. The average molecular weight is 554 g/mol. The number of guanidine groups is 1. The largest absolute Gasteiger partial charge is 0.434 e. The van der Waals surface area contributed by atoms with Gasteiger partial charge in [0.25, 0.3) is 0 Å². The summed E-state index contributed by atoms with van der Waals surface area (Å²) in [6, 6.07) is 11.1. The van der Waals surface area contributed by atoms with Crippen molar-refractivity contribution >= 4 is 40.0 Å². The van der Waals surface area contributed by atoms with Gasteiger partial charge in [-0.1, -0.05) is 29.8 Å². The molecule has 2 rings (SSSR count). The van der Waals surface area contributed by atoms with Gasteiger partial charge in [0.15, 0.2) is 5.96 Å². The van der Waals surface area contributed by atoms with Gasteiger partial charge in [-0.2, -0.15) is 8.78 Å². The van der Waals surface area contributed by atoms with Crippen molar-refractivity contribution in [1.29, 1.82) is 0 Å². The fourth-order valence-electron chi connectivity index (χ4n) is 2.53. The van der Waals surface area contributed by atoms with Crippen LogP contribution in [0, 0.1) is 6.92 Å². The number of aliphatic imine (C=N–C) groups is 1. The van der Waals surface area contributed by atoms with Crippen LogP contribution < -0.4 is 20.5 Å². The monoisotopic (exact) mass is 554 g/mol. The highest BCUT2D eigenvalue weighted by Gasteiger charge is 2.11. The van der Waals surface area contributed by atoms with E-state index in [2.05, 4.69) is 20.4 Å². The lowest BCUT2D eigenvalue weighted by Gasteiger charge is -2.15. The lowest BCUT2D eigenvalue weighted by atomic mass is 10.1. The third kappa shape index (κ3) is 8.40. The highest BCUT2D eigenvalue weighted by Crippen LogP contribution is 2.22. The lowest BCUT2D eigenvalue weighted by Crippen LogP contribution is -2.36. The van der Waals surface area contributed by atoms with Gasteiger partial charge in [0, 0.05) is 18.7 Å². The van der Waals surface area contributed by atoms with Crippen molar-refractivity contribution in [3.63, 3.8) is 0 Å². The van der Waals surface area contributed by atoms with Crippen molar-refractivity contribution in [2.24, 2.45) is 10.1 Å². The first-order valence-electron chi connectivity index (χ1n) is 8.87. The number of rotatable bonds is 8. The molecule has 166 valence electrons. The molecule has 0 saturated heterocycles. The molecule has 0 amide bonds. The van der Waals surface area contributed by atoms with Gasteiger partial charge >= 0.3 is 6.61 Å². The van der Waals surface area contributed by atoms with Crippen LogP contribution >= 0.6 is 24.0 Å². The molecule has 2 aromatic carbocycles. The van der Waals surface area contributed by atoms with E-state index < -0.39 is 16.6 Å². The smallest absolute Gasteiger partial charge is 0.387 e. The third-order valence-corrected chi connectivity index (χ3v) is 4.82. The fraction of sp³-hybridized carbons (Fsp3) is 0.316. The molecule has 0 aliphatic rings. The molecule has 0 fully saturated rings. The normalized spacial score (nSPS) is 11.7. The van der Waals surface area contributed by atoms with Crippen molar-refractivity contribution in [3.05, 3.63) is 59.2 Å². The Labute approximate surface area is 192 Å². The Morgan fingerprint density at radius 1 is 1.17 bits per heavy atom. The first kappa shape index (κ1) is 26.0. The molecular weight excluding hydrogens is 529 g/mol. The van der Waals surface area contributed by atoms with E-state index in [1.54, 1.807) is 24.3 Å². The second-order valence-electron chi connectivity index (χ2n) is 6.23. The number of halogens is 3. The second-order valence-corrected chi connectivity index (χ2v) is 7.79. The van der Waals surface area contributed by atoms with E-state index in [0.29, 0.717) is 18.1 Å². The molecule has 2 aromatic rings. The molecule has 0 heterocycles. The first-order chi connectivity index (χ1) is 13.7. The van der Waals surface area contributed by atoms with Crippen molar-refractivity contribution < 1.29 is 21.9 Å². The molecule has 0 aromatic heterocycles. The van der Waals surface area contributed by atoms with E-state index in [1.165, 1.54) is 18.2 Å². The Morgan fingerprint density at radius 3 is 2.40 bits per heavy atom. The molecule has 0 aliphatic heterocycles. The van der Waals surface area contributed by atoms with Crippen LogP contribution in [0.4, 0.5) is 8.78 Å². The number of hydrogen-bond donors (Lipinski definition) is 3. The van der Waals surface area contributed by atoms with Gasteiger partial charge in [0.1, 0.15) is 5.75 Å². The van der Waals surface area contributed by atoms with Gasteiger partial charge in [0.05, 0.1) is 11.4 Å². The van der Waals surface area contributed by atoms with Gasteiger partial charge in [-0.3, -0.25) is 0 Å². The topological polar surface area (TPSA) is 106 Å². The summed E-state index contributed by atoms with van der Waals surface area (Å²) >= 11 is 0. The zero-order valence-electron chi connectivity index (χ0n) is 16.6. The van der Waals surface area contributed by atoms with Crippen LogP contribution in [0.5, 0.6) is 5.75 Å². The Hall–Kier alpha value is -1.99. The Balaban J connectivity index is 0.00000450. The fourth-order valence-corrected chi connectivity index (χ4v) is 3.05. The maximum atomic E-state index is 12.6. The van der Waals surface area contributed by atoms with Gasteiger partial charge < -0.3 is 15.4 Å². The summed E-state index contributed by atoms with van der Waals surface area (Å²) in [6.45, 7) is 1.98. The number of hydrogen-bond acceptors (Lipinski definition) is 4. The van der Waals surface area contributed by atoms with E-state index in [0.717, 1.165) is 11.1 Å². The number of alkyl halides is 2. The Morgan fingerprint density at radius 2 is 1.83 bits per heavy atom. The van der Waals surface area contributed by atoms with Crippen molar-refractivity contribution in [2.75, 3.05) is 6.54 Å². The summed E-state index contributed by atoms with van der Waals surface area (Å²) in [5.74, 6) is 0.583. The molecule has 0 saturated carbocycles. The first-order valence-corrected chi connectivity index (χ1v) is 10.4. The maximum absolute atomic E-state index is 12.6. The SMILES string of the molecule is CCNC(=NCc1ccc(S(N)(=O)=O)cc1)NCc1cc(C)ccc1OC(F)F.I. The van der Waals surface area contributed by atoms with E-state index in [4.69, 9.17) is 5.14 Å². The summed E-state index contributed by atoms with van der Waals surface area (Å²) in [6.07, 6.45) is 0. The summed E-state index contributed by atoms with van der Waals surface area (Å²) in [5.41, 5.74) is 2.28. The predicted octanol–water partition coefficient (Wildman–Crippen LogP) is 3.12. The van der Waals surface area contributed by atoms with Crippen LogP contribution in [0.2, 0.25) is 0 Å². The molecule has 0 atom stereocenters. The van der Waals surface area contributed by atoms with Crippen LogP contribution in [0.1, 0.15) is 23.6 Å². The maximum Gasteiger partial charge on any atom is 0.387 e. The van der Waals surface area contributed by atoms with Crippen molar-refractivity contribution in [1.82, 2.24) is 10.6 Å². The van der Waals surface area contributed by atoms with E-state index in [9.17, 15) is 17.2 Å². The van der Waals surface area contributed by atoms with Gasteiger partial charge in [-0.25, -0.2) is 18.5 Å². The third-order valence-electron chi connectivity index (χ3n) is 3.89. The van der Waals surface area contributed by atoms with E-state index in [-0.39, 0.29) is 47.7 Å². The summed E-state index contributed by atoms with van der Waals surface area (Å²) in [5, 5.41) is 11.2. The van der Waals surface area contributed by atoms with Gasteiger partial charge in [0.2, 0.25) is 10.0 Å². The molecule has 0 bridgehead atoms. The van der Waals surface area contributed by atoms with Gasteiger partial charge in [-0.05, 0) is 37.6 Å². The van der Waals surface area contributed by atoms with Gasteiger partial charge in [-0.15, -0.1) is 24.0 Å². The minimum atomic E-state index is -3.74. The molecule has 30 heavy (non-hydrogen) atoms. The Bertz CT molecular complexity index is 955. The minimum absolute atomic E-state index is 0. The van der Waals surface area contributed by atoms with Crippen LogP contribution in [-0.2, 0) is 23.1 Å². The highest BCUT2D eigenvalue weighted by molar-refractivity contribution is 14.0. The molecule has 0 spiro atoms. The van der Waals surface area contributed by atoms with Crippen LogP contribution in [-0.4, -0.2) is 27.5 Å². The molecule has 11 heteroatoms. The number of sulfonamides is 1. The molecule has 4 N–H and O–H groups in total. The summed E-state index contributed by atoms with van der Waals surface area (Å²) in [7, 11) is -3.74. The zero-order chi connectivity index (χ0) is 21.4. The molecule has 0 unspecified atom stereocenters. The average Bonchev–Trinajstić information content (AvgIpc) is 2.65. The lowest BCUT2D eigenvalue weighted by molar-refractivity contribution is -0.0504. The molecule has 0 radical (unpaired) electrons. The number of ether oxygens (including phenoxy) is 1. The molecular formula is C19H25F2IN4O3S. The highest BCUT2D eigenvalue weighted by atomic mass is 127. The number of benzene rings is 2. The van der Waals surface area contributed by atoms with Crippen molar-refractivity contribution in [2.45, 2.75) is 38.4 Å². The van der Waals surface area contributed by atoms with Crippen LogP contribution in [0.3, 0.4) is 0 Å². The quantitative estimate of drug-likeness (QED) is 0.264. The number of aryl methyl sites for hydroxylation is 1. The zero-order valence-corrected chi connectivity index (χ0v) is 19.7. The predicted molar refractivity (Wildman–Crippen MR) is 123 cm³/mol. The Kier molecular flexibility index (Phi) is 10.4. The van der Waals surface area contributed by atoms with Crippen LogP contribution in [0.25, 0.3) is 0 Å². The second kappa shape index (κ2) is 12.0. The van der Waals surface area contributed by atoms with Crippen molar-refractivity contribution in [3.8, 4) is 5.75 Å². The number of nitrogens with zero attached hydrogens (tertiary/aromatic N) is 1. The number of nitrogens with two attached hydrogens (primary N) is 1. The van der Waals surface area contributed by atoms with E-state index >= 15 is 0 Å². The molecule has 0 aliphatic carbocycles. The number of nitrogens with one attached hydrogen (secondary N) is 2. The number of primary sulfonamides is 1. The molecule has 7 nitrogen and oxygen atoms in total. The standard InChI is InChI=1S/C19H24F2N4O3S.HI/c1-3-23-19(24-11-14-5-7-16(8-6-14)29(22,26)27)25-12-15-10-13(2)4-9-17(15)28-18(20)21;/h4-10,18H,3,11-12H2,1-2H3,(H2,22,26,27)(H2,23,24,25);1H. The van der Waals surface area contributed by atoms with Crippen LogP contribution in [0.15, 0.2) is 52.4 Å². The summed E-state index contributed by atoms with van der Waals surface area (Å²) < 4.78 is 52.4. The van der Waals surface area contributed by atoms with E-state index in [1.807, 2.05) is 13.8 Å².